The van der Waals surface area contributed by atoms with Gasteiger partial charge < -0.3 is 19.9 Å². The van der Waals surface area contributed by atoms with Crippen molar-refractivity contribution in [1.29, 1.82) is 5.26 Å². The van der Waals surface area contributed by atoms with Crippen molar-refractivity contribution < 1.29 is 22.9 Å². The molecule has 1 fully saturated rings. The van der Waals surface area contributed by atoms with Gasteiger partial charge in [0.15, 0.2) is 0 Å². The third kappa shape index (κ3) is 9.26. The zero-order chi connectivity index (χ0) is 41.0. The molecule has 3 N–H and O–H groups in total. The van der Waals surface area contributed by atoms with E-state index in [0.717, 1.165) is 67.1 Å². The number of fused-ring (bicyclic) bond motifs is 1. The number of carbonyl (C=O) groups is 1. The van der Waals surface area contributed by atoms with Gasteiger partial charge >= 0.3 is 0 Å². The van der Waals surface area contributed by atoms with Crippen molar-refractivity contribution in [1.82, 2.24) is 19.6 Å². The lowest BCUT2D eigenvalue weighted by Crippen LogP contribution is -2.47. The van der Waals surface area contributed by atoms with Crippen molar-refractivity contribution >= 4 is 61.2 Å². The van der Waals surface area contributed by atoms with Crippen LogP contribution in [0.5, 0.6) is 11.5 Å². The predicted molar refractivity (Wildman–Crippen MR) is 224 cm³/mol. The van der Waals surface area contributed by atoms with E-state index in [0.29, 0.717) is 24.5 Å². The molecule has 1 aliphatic heterocycles. The highest BCUT2D eigenvalue weighted by atomic mass is 35.5. The van der Waals surface area contributed by atoms with E-state index in [9.17, 15) is 23.3 Å². The number of allylic oxidation sites excluding steroid dienone is 1. The van der Waals surface area contributed by atoms with Crippen molar-refractivity contribution in [3.05, 3.63) is 117 Å². The van der Waals surface area contributed by atoms with Crippen molar-refractivity contribution in [2.24, 2.45) is 5.41 Å². The number of nitrogens with one attached hydrogen (secondary N) is 3. The fourth-order valence-corrected chi connectivity index (χ4v) is 8.56. The summed E-state index contributed by atoms with van der Waals surface area (Å²) in [5, 5.41) is 24.9. The Labute approximate surface area is 341 Å². The minimum absolute atomic E-state index is 0.0449. The van der Waals surface area contributed by atoms with Crippen LogP contribution in [0.3, 0.4) is 0 Å². The van der Waals surface area contributed by atoms with E-state index >= 15 is 0 Å². The van der Waals surface area contributed by atoms with E-state index in [4.69, 9.17) is 21.6 Å². The molecule has 2 aromatic heterocycles. The second kappa shape index (κ2) is 16.9. The summed E-state index contributed by atoms with van der Waals surface area (Å²) in [6.07, 6.45) is 6.52. The molecular formula is C42H43ClN8O6S. The topological polar surface area (TPSA) is 187 Å². The van der Waals surface area contributed by atoms with Gasteiger partial charge in [-0.05, 0) is 84.3 Å². The van der Waals surface area contributed by atoms with Gasteiger partial charge in [-0.1, -0.05) is 43.2 Å². The number of nitriles is 1. The molecule has 300 valence electrons. The zero-order valence-electron chi connectivity index (χ0n) is 32.1. The van der Waals surface area contributed by atoms with Gasteiger partial charge in [0.05, 0.1) is 34.1 Å². The fourth-order valence-electron chi connectivity index (χ4n) is 7.45. The van der Waals surface area contributed by atoms with Crippen LogP contribution in [0.2, 0.25) is 5.02 Å². The van der Waals surface area contributed by atoms with Crippen LogP contribution in [-0.4, -0.2) is 73.4 Å². The normalized spacial score (nSPS) is 15.9. The minimum Gasteiger partial charge on any atom is -0.455 e. The van der Waals surface area contributed by atoms with Crippen molar-refractivity contribution in [2.45, 2.75) is 44.4 Å². The summed E-state index contributed by atoms with van der Waals surface area (Å²) < 4.78 is 35.3. The highest BCUT2D eigenvalue weighted by Crippen LogP contribution is 2.43. The molecule has 1 amide bonds. The number of pyridine rings is 1. The van der Waals surface area contributed by atoms with Gasteiger partial charge in [0.25, 0.3) is 21.6 Å². The third-order valence-corrected chi connectivity index (χ3v) is 12.2. The van der Waals surface area contributed by atoms with E-state index in [1.165, 1.54) is 35.0 Å². The highest BCUT2D eigenvalue weighted by molar-refractivity contribution is 7.90. The number of halogens is 1. The maximum absolute atomic E-state index is 13.8. The zero-order valence-corrected chi connectivity index (χ0v) is 33.7. The first-order valence-electron chi connectivity index (χ1n) is 18.9. The molecule has 0 spiro atoms. The average Bonchev–Trinajstić information content (AvgIpc) is 3.67. The van der Waals surface area contributed by atoms with Crippen LogP contribution < -0.4 is 19.7 Å². The summed E-state index contributed by atoms with van der Waals surface area (Å²) in [4.78, 5) is 36.5. The molecule has 58 heavy (non-hydrogen) atoms. The molecule has 0 atom stereocenters. The summed E-state index contributed by atoms with van der Waals surface area (Å²) in [5.41, 5.74) is 5.21. The highest BCUT2D eigenvalue weighted by Gasteiger charge is 2.30. The molecule has 3 aromatic carbocycles. The molecule has 16 heteroatoms. The van der Waals surface area contributed by atoms with E-state index in [1.54, 1.807) is 24.4 Å². The van der Waals surface area contributed by atoms with Crippen LogP contribution >= 0.6 is 11.6 Å². The molecule has 0 bridgehead atoms. The summed E-state index contributed by atoms with van der Waals surface area (Å²) in [7, 11) is -4.58. The van der Waals surface area contributed by atoms with Gasteiger partial charge in [0, 0.05) is 73.7 Å². The molecule has 3 heterocycles. The number of amides is 1. The van der Waals surface area contributed by atoms with E-state index in [1.807, 2.05) is 24.3 Å². The third-order valence-electron chi connectivity index (χ3n) is 10.6. The number of anilines is 2. The first kappa shape index (κ1) is 40.3. The van der Waals surface area contributed by atoms with E-state index in [-0.39, 0.29) is 35.4 Å². The molecular weight excluding hydrogens is 780 g/mol. The summed E-state index contributed by atoms with van der Waals surface area (Å²) >= 11 is 6.22. The summed E-state index contributed by atoms with van der Waals surface area (Å²) in [5.74, 6) is -0.544. The number of aromatic amines is 1. The van der Waals surface area contributed by atoms with Gasteiger partial charge in [-0.15, -0.1) is 0 Å². The van der Waals surface area contributed by atoms with Crippen LogP contribution in [0.25, 0.3) is 16.6 Å². The Bertz CT molecular complexity index is 2540. The Balaban J connectivity index is 1.11. The first-order valence-corrected chi connectivity index (χ1v) is 20.8. The Kier molecular flexibility index (Phi) is 11.7. The molecule has 0 unspecified atom stereocenters. The fraction of sp³-hybridized carbons (Fsp3) is 0.310. The Morgan fingerprint density at radius 1 is 1.07 bits per heavy atom. The van der Waals surface area contributed by atoms with Gasteiger partial charge in [0.1, 0.15) is 22.8 Å². The quantitative estimate of drug-likeness (QED) is 0.0591. The number of ether oxygens (including phenoxy) is 1. The molecule has 1 saturated heterocycles. The standard InChI is InChI=1S/C42H43ClN8O6S/c1-42(2)14-12-30(36(25-42)28-4-6-31(43)7-5-28)27-49-18-20-50(21-19-49)32-8-10-35(39(23-32)57-33-22-29-13-17-46-40(29)47-26-33)41(52)48-58(55,56)34-9-11-37(45-16-3-15-44)38(24-34)51(53)54/h4-11,13,17,22-24,26,45H,3,12,14,16,18-21,25,27H2,1-2H3,(H,46,47)(H,48,52). The van der Waals surface area contributed by atoms with Crippen LogP contribution in [0.1, 0.15) is 55.5 Å². The average molecular weight is 823 g/mol. The minimum atomic E-state index is -4.58. The second-order valence-corrected chi connectivity index (χ2v) is 17.4. The Morgan fingerprint density at radius 3 is 2.59 bits per heavy atom. The summed E-state index contributed by atoms with van der Waals surface area (Å²) in [6.45, 7) is 8.70. The summed E-state index contributed by atoms with van der Waals surface area (Å²) in [6, 6.07) is 21.9. The molecule has 0 radical (unpaired) electrons. The van der Waals surface area contributed by atoms with Crippen molar-refractivity contribution in [3.8, 4) is 17.6 Å². The maximum Gasteiger partial charge on any atom is 0.293 e. The number of rotatable bonds is 13. The number of H-pyrrole nitrogens is 1. The van der Waals surface area contributed by atoms with Crippen LogP contribution in [-0.2, 0) is 10.0 Å². The van der Waals surface area contributed by atoms with Crippen LogP contribution in [0.4, 0.5) is 17.1 Å². The van der Waals surface area contributed by atoms with Crippen molar-refractivity contribution in [3.63, 3.8) is 0 Å². The number of aromatic nitrogens is 2. The number of sulfonamides is 1. The molecule has 5 aromatic rings. The maximum atomic E-state index is 13.8. The number of nitro benzene ring substituents is 1. The number of nitro groups is 1. The van der Waals surface area contributed by atoms with Gasteiger partial charge in [-0.3, -0.25) is 19.8 Å². The number of hydrogen-bond acceptors (Lipinski definition) is 11. The lowest BCUT2D eigenvalue weighted by molar-refractivity contribution is -0.384. The second-order valence-electron chi connectivity index (χ2n) is 15.3. The first-order chi connectivity index (χ1) is 27.8. The molecule has 1 aliphatic carbocycles. The number of piperazine rings is 1. The lowest BCUT2D eigenvalue weighted by Gasteiger charge is -2.39. The number of nitrogens with zero attached hydrogens (tertiary/aromatic N) is 5. The Morgan fingerprint density at radius 2 is 1.84 bits per heavy atom. The number of benzene rings is 3. The monoisotopic (exact) mass is 822 g/mol. The van der Waals surface area contributed by atoms with Gasteiger partial charge in [-0.25, -0.2) is 18.1 Å². The smallest absolute Gasteiger partial charge is 0.293 e. The largest absolute Gasteiger partial charge is 0.455 e. The molecule has 0 saturated carbocycles. The lowest BCUT2D eigenvalue weighted by atomic mass is 9.72. The SMILES string of the molecule is CC1(C)CCC(CN2CCN(c3ccc(C(=O)NS(=O)(=O)c4ccc(NCCC#N)c([N+](=O)[O-])c4)c(Oc4cnc5[nH]ccc5c4)c3)CC2)=C(c2ccc(Cl)cc2)C1. The molecule has 2 aliphatic rings. The molecule has 7 rings (SSSR count). The number of carbonyl (C=O) groups excluding carboxylic acids is 1. The van der Waals surface area contributed by atoms with Gasteiger partial charge in [-0.2, -0.15) is 5.26 Å². The van der Waals surface area contributed by atoms with Crippen LogP contribution in [0, 0.1) is 26.9 Å². The van der Waals surface area contributed by atoms with Crippen molar-refractivity contribution in [2.75, 3.05) is 49.5 Å². The van der Waals surface area contributed by atoms with E-state index in [2.05, 4.69) is 55.8 Å². The molecule has 14 nitrogen and oxygen atoms in total. The van der Waals surface area contributed by atoms with Gasteiger partial charge in [0.2, 0.25) is 0 Å². The van der Waals surface area contributed by atoms with Crippen LogP contribution in [0.15, 0.2) is 95.7 Å². The van der Waals surface area contributed by atoms with E-state index < -0.39 is 31.4 Å². The predicted octanol–water partition coefficient (Wildman–Crippen LogP) is 8.15. The number of hydrogen-bond donors (Lipinski definition) is 3. The Hall–Kier alpha value is -5.95.